The van der Waals surface area contributed by atoms with E-state index in [-0.39, 0.29) is 12.0 Å². The Hall–Kier alpha value is -2.16. The van der Waals surface area contributed by atoms with E-state index < -0.39 is 6.10 Å². The molecule has 0 spiro atoms. The molecule has 0 aromatic heterocycles. The smallest absolute Gasteiger partial charge is 0.142 e. The van der Waals surface area contributed by atoms with Crippen molar-refractivity contribution in [3.8, 4) is 5.75 Å². The molecule has 1 aliphatic carbocycles. The van der Waals surface area contributed by atoms with Gasteiger partial charge in [0, 0.05) is 39.2 Å². The second kappa shape index (κ2) is 14.8. The minimum absolute atomic E-state index is 0.0270. The fourth-order valence-corrected chi connectivity index (χ4v) is 5.55. The molecule has 0 saturated heterocycles. The van der Waals surface area contributed by atoms with Gasteiger partial charge in [-0.2, -0.15) is 0 Å². The Kier molecular flexibility index (Phi) is 11.3. The first-order valence-electron chi connectivity index (χ1n) is 14.0. The zero-order valence-corrected chi connectivity index (χ0v) is 23.3. The lowest BCUT2D eigenvalue weighted by Crippen LogP contribution is -2.36. The zero-order valence-electron chi connectivity index (χ0n) is 23.3. The van der Waals surface area contributed by atoms with Crippen molar-refractivity contribution in [3.05, 3.63) is 59.2 Å². The van der Waals surface area contributed by atoms with E-state index in [0.29, 0.717) is 39.0 Å². The van der Waals surface area contributed by atoms with Crippen LogP contribution in [-0.2, 0) is 32.2 Å². The third-order valence-electron chi connectivity index (χ3n) is 7.51. The van der Waals surface area contributed by atoms with Gasteiger partial charge >= 0.3 is 0 Å². The molecule has 0 radical (unpaired) electrons. The summed E-state index contributed by atoms with van der Waals surface area (Å²) in [4.78, 5) is 2.37. The number of fused-ring (bicyclic) bond motifs is 1. The quantitative estimate of drug-likeness (QED) is 0.349. The normalized spacial score (nSPS) is 22.1. The molecule has 1 aliphatic heterocycles. The number of aliphatic hydroxyl groups excluding tert-OH is 1. The molecule has 2 aromatic carbocycles. The van der Waals surface area contributed by atoms with Gasteiger partial charge < -0.3 is 33.7 Å². The molecule has 7 nitrogen and oxygen atoms in total. The van der Waals surface area contributed by atoms with Crippen LogP contribution in [0.2, 0.25) is 0 Å². The van der Waals surface area contributed by atoms with Crippen molar-refractivity contribution >= 4 is 5.69 Å². The van der Waals surface area contributed by atoms with Gasteiger partial charge in [0.05, 0.1) is 50.9 Å². The Morgan fingerprint density at radius 1 is 1.00 bits per heavy atom. The van der Waals surface area contributed by atoms with Crippen molar-refractivity contribution in [1.82, 2.24) is 0 Å². The number of anilines is 1. The summed E-state index contributed by atoms with van der Waals surface area (Å²) in [5.74, 6) is 1.27. The summed E-state index contributed by atoms with van der Waals surface area (Å²) in [6.07, 6.45) is 3.27. The van der Waals surface area contributed by atoms with Crippen LogP contribution in [0.1, 0.15) is 55.2 Å². The molecule has 2 aromatic rings. The van der Waals surface area contributed by atoms with E-state index in [4.69, 9.17) is 23.7 Å². The van der Waals surface area contributed by atoms with E-state index in [9.17, 15) is 5.11 Å². The maximum absolute atomic E-state index is 11.0. The first kappa shape index (κ1) is 28.8. The van der Waals surface area contributed by atoms with Crippen LogP contribution < -0.4 is 9.64 Å². The molecule has 1 saturated carbocycles. The second-order valence-corrected chi connectivity index (χ2v) is 10.7. The molecular weight excluding hydrogens is 482 g/mol. The summed E-state index contributed by atoms with van der Waals surface area (Å²) in [5.41, 5.74) is 4.51. The topological polar surface area (TPSA) is 69.6 Å². The number of ether oxygens (including phenoxy) is 5. The lowest BCUT2D eigenvalue weighted by molar-refractivity contribution is -0.0426. The molecule has 2 aliphatic rings. The van der Waals surface area contributed by atoms with Gasteiger partial charge in [0.2, 0.25) is 0 Å². The number of rotatable bonds is 14. The van der Waals surface area contributed by atoms with E-state index in [1.807, 2.05) is 0 Å². The predicted octanol–water partition coefficient (Wildman–Crippen LogP) is 4.93. The predicted molar refractivity (Wildman–Crippen MR) is 149 cm³/mol. The maximum atomic E-state index is 11.0. The minimum atomic E-state index is -0.404. The largest absolute Gasteiger partial charge is 0.490 e. The molecule has 1 N–H and O–H groups in total. The lowest BCUT2D eigenvalue weighted by Gasteiger charge is -2.36. The van der Waals surface area contributed by atoms with Crippen molar-refractivity contribution in [1.29, 1.82) is 0 Å². The highest BCUT2D eigenvalue weighted by molar-refractivity contribution is 5.61. The van der Waals surface area contributed by atoms with Gasteiger partial charge in [0.25, 0.3) is 0 Å². The van der Waals surface area contributed by atoms with Gasteiger partial charge in [-0.1, -0.05) is 37.3 Å². The molecule has 38 heavy (non-hydrogen) atoms. The van der Waals surface area contributed by atoms with E-state index in [1.165, 1.54) is 0 Å². The Labute approximate surface area is 228 Å². The van der Waals surface area contributed by atoms with Crippen LogP contribution in [0.15, 0.2) is 42.5 Å². The third-order valence-corrected chi connectivity index (χ3v) is 7.51. The molecule has 1 fully saturated rings. The van der Waals surface area contributed by atoms with Crippen LogP contribution in [0.4, 0.5) is 5.69 Å². The highest BCUT2D eigenvalue weighted by atomic mass is 16.5. The fraction of sp³-hybridized carbons (Fsp3) is 0.613. The summed E-state index contributed by atoms with van der Waals surface area (Å²) < 4.78 is 28.7. The average Bonchev–Trinajstić information content (AvgIpc) is 2.93. The Morgan fingerprint density at radius 2 is 1.82 bits per heavy atom. The SMILES string of the molecule is COCCCN1CCOc2ccc(CO[C@H]3CCC[C@@H](O)[C@@H]3c3ccc(COC[C@@H](C)COC)cc3)cc21. The van der Waals surface area contributed by atoms with Crippen LogP contribution in [0.25, 0.3) is 0 Å². The fourth-order valence-electron chi connectivity index (χ4n) is 5.55. The monoisotopic (exact) mass is 527 g/mol. The van der Waals surface area contributed by atoms with Gasteiger partial charge in [-0.25, -0.2) is 0 Å². The molecule has 4 atom stereocenters. The van der Waals surface area contributed by atoms with Gasteiger partial charge in [-0.05, 0) is 54.5 Å². The summed E-state index contributed by atoms with van der Waals surface area (Å²) in [7, 11) is 3.46. The first-order valence-corrected chi connectivity index (χ1v) is 14.0. The molecule has 0 unspecified atom stereocenters. The number of methoxy groups -OCH3 is 2. The van der Waals surface area contributed by atoms with Gasteiger partial charge in [0.1, 0.15) is 12.4 Å². The van der Waals surface area contributed by atoms with Crippen LogP contribution in [0.3, 0.4) is 0 Å². The minimum Gasteiger partial charge on any atom is -0.490 e. The van der Waals surface area contributed by atoms with Gasteiger partial charge in [-0.3, -0.25) is 0 Å². The molecule has 0 amide bonds. The summed E-state index contributed by atoms with van der Waals surface area (Å²) in [5, 5.41) is 11.0. The van der Waals surface area contributed by atoms with Crippen molar-refractivity contribution in [2.75, 3.05) is 58.6 Å². The van der Waals surface area contributed by atoms with E-state index in [1.54, 1.807) is 14.2 Å². The van der Waals surface area contributed by atoms with Crippen LogP contribution in [-0.4, -0.2) is 71.1 Å². The zero-order chi connectivity index (χ0) is 26.7. The Morgan fingerprint density at radius 3 is 2.61 bits per heavy atom. The Bertz CT molecular complexity index is 967. The van der Waals surface area contributed by atoms with Crippen molar-refractivity contribution in [2.24, 2.45) is 5.92 Å². The highest BCUT2D eigenvalue weighted by Gasteiger charge is 2.34. The summed E-state index contributed by atoms with van der Waals surface area (Å²) in [6.45, 7) is 7.86. The standard InChI is InChI=1S/C31H45NO6/c1-23(19-35-3)20-36-21-24-8-11-26(12-9-24)31-28(33)6-4-7-30(31)38-22-25-10-13-29-27(18-25)32(15-17-37-29)14-5-16-34-2/h8-13,18,23,28,30-31,33H,4-7,14-17,19-22H2,1-3H3/t23-,28+,30-,31-/m0/s1. The maximum Gasteiger partial charge on any atom is 0.142 e. The summed E-state index contributed by atoms with van der Waals surface area (Å²) in [6, 6.07) is 14.8. The van der Waals surface area contributed by atoms with Crippen molar-refractivity contribution in [2.45, 2.75) is 63.9 Å². The van der Waals surface area contributed by atoms with Crippen molar-refractivity contribution in [3.63, 3.8) is 0 Å². The molecule has 1 heterocycles. The van der Waals surface area contributed by atoms with Crippen molar-refractivity contribution < 1.29 is 28.8 Å². The molecular formula is C31H45NO6. The van der Waals surface area contributed by atoms with Crippen LogP contribution >= 0.6 is 0 Å². The third kappa shape index (κ3) is 7.93. The number of aliphatic hydroxyl groups is 1. The van der Waals surface area contributed by atoms with Gasteiger partial charge in [0.15, 0.2) is 0 Å². The van der Waals surface area contributed by atoms with Gasteiger partial charge in [-0.15, -0.1) is 0 Å². The Balaban J connectivity index is 1.37. The molecule has 7 heteroatoms. The second-order valence-electron chi connectivity index (χ2n) is 10.7. The van der Waals surface area contributed by atoms with E-state index in [0.717, 1.165) is 73.5 Å². The van der Waals surface area contributed by atoms with E-state index >= 15 is 0 Å². The highest BCUT2D eigenvalue weighted by Crippen LogP contribution is 2.37. The lowest BCUT2D eigenvalue weighted by atomic mass is 9.79. The number of nitrogens with zero attached hydrogens (tertiary/aromatic N) is 1. The van der Waals surface area contributed by atoms with E-state index in [2.05, 4.69) is 54.3 Å². The molecule has 4 rings (SSSR count). The first-order chi connectivity index (χ1) is 18.6. The molecule has 0 bridgehead atoms. The average molecular weight is 528 g/mol. The summed E-state index contributed by atoms with van der Waals surface area (Å²) >= 11 is 0. The van der Waals surface area contributed by atoms with Crippen LogP contribution in [0.5, 0.6) is 5.75 Å². The number of hydrogen-bond donors (Lipinski definition) is 1. The number of benzene rings is 2. The molecule has 210 valence electrons. The number of hydrogen-bond acceptors (Lipinski definition) is 7. The van der Waals surface area contributed by atoms with Crippen LogP contribution in [0, 0.1) is 5.92 Å².